The summed E-state index contributed by atoms with van der Waals surface area (Å²) in [4.78, 5) is 34.4. The lowest BCUT2D eigenvalue weighted by Gasteiger charge is -2.14. The van der Waals surface area contributed by atoms with Gasteiger partial charge in [-0.15, -0.1) is 5.10 Å². The highest BCUT2D eigenvalue weighted by Crippen LogP contribution is 2.30. The average molecular weight is 480 g/mol. The van der Waals surface area contributed by atoms with Crippen LogP contribution >= 0.6 is 0 Å². The normalized spacial score (nSPS) is 19.3. The number of benzene rings is 1. The lowest BCUT2D eigenvalue weighted by Crippen LogP contribution is -2.26. The maximum absolute atomic E-state index is 15.0. The van der Waals surface area contributed by atoms with E-state index in [2.05, 4.69) is 20.8 Å². The summed E-state index contributed by atoms with van der Waals surface area (Å²) in [6.07, 6.45) is 5.15. The Bertz CT molecular complexity index is 1260. The smallest absolute Gasteiger partial charge is 0.414 e. The first kappa shape index (κ1) is 22.5. The van der Waals surface area contributed by atoms with Crippen molar-refractivity contribution in [3.63, 3.8) is 0 Å². The lowest BCUT2D eigenvalue weighted by atomic mass is 10.1. The molecule has 3 aromatic rings. The molecular formula is C23H21FN6O5. The van der Waals surface area contributed by atoms with Gasteiger partial charge < -0.3 is 9.47 Å². The molecule has 0 unspecified atom stereocenters. The zero-order chi connectivity index (χ0) is 24.4. The molecule has 4 heterocycles. The number of aromatic nitrogens is 4. The molecule has 2 aliphatic heterocycles. The number of hydrogen-bond donors (Lipinski definition) is 1. The molecule has 5 rings (SSSR count). The van der Waals surface area contributed by atoms with Crippen LogP contribution in [-0.4, -0.2) is 57.4 Å². The van der Waals surface area contributed by atoms with Gasteiger partial charge in [0.15, 0.2) is 0 Å². The van der Waals surface area contributed by atoms with Gasteiger partial charge in [0.05, 0.1) is 36.4 Å². The van der Waals surface area contributed by atoms with Crippen LogP contribution in [0.2, 0.25) is 0 Å². The van der Waals surface area contributed by atoms with Crippen molar-refractivity contribution in [1.29, 1.82) is 0 Å². The number of hydroxylamine groups is 1. The van der Waals surface area contributed by atoms with Crippen LogP contribution in [0.3, 0.4) is 0 Å². The first-order chi connectivity index (χ1) is 17.0. The number of nitrogens with one attached hydrogen (secondary N) is 1. The van der Waals surface area contributed by atoms with Crippen LogP contribution < -0.4 is 10.4 Å². The fraction of sp³-hybridized carbons (Fsp3) is 0.261. The summed E-state index contributed by atoms with van der Waals surface area (Å²) in [6, 6.07) is 8.04. The van der Waals surface area contributed by atoms with Crippen molar-refractivity contribution in [2.75, 3.05) is 18.1 Å². The molecule has 1 amide bonds. The van der Waals surface area contributed by atoms with E-state index in [0.717, 1.165) is 0 Å². The van der Waals surface area contributed by atoms with Gasteiger partial charge in [-0.3, -0.25) is 25.0 Å². The van der Waals surface area contributed by atoms with Crippen LogP contribution in [0.1, 0.15) is 12.6 Å². The van der Waals surface area contributed by atoms with Crippen LogP contribution in [-0.2, 0) is 25.7 Å². The number of esters is 1. The Labute approximate surface area is 199 Å². The standard InChI is InChI=1S/C23H21FN6O5/c1-14(31)33-13-17-9-22(27-35-17)21-5-2-15(10-25-21)19-4-3-16(8-20(19)24)30-12-18(34-23(30)32)11-29-7-6-26-28-29/h2-10,17-18,27H,11-13H2,1H3/t17-,18-/m0/s1. The number of carbonyl (C=O) groups excluding carboxylic acids is 2. The van der Waals surface area contributed by atoms with Crippen molar-refractivity contribution >= 4 is 23.4 Å². The van der Waals surface area contributed by atoms with Gasteiger partial charge in [-0.1, -0.05) is 11.3 Å². The van der Waals surface area contributed by atoms with Crippen LogP contribution in [0.4, 0.5) is 14.9 Å². The molecule has 1 saturated heterocycles. The SMILES string of the molecule is CC(=O)OC[C@@H]1C=C(c2ccc(-c3ccc(N4C[C@H](Cn5ccnn5)OC4=O)cc3F)cn2)NO1. The lowest BCUT2D eigenvalue weighted by molar-refractivity contribution is -0.144. The van der Waals surface area contributed by atoms with Gasteiger partial charge in [0.2, 0.25) is 0 Å². The third-order valence-corrected chi connectivity index (χ3v) is 5.48. The van der Waals surface area contributed by atoms with Gasteiger partial charge in [-0.05, 0) is 30.3 Å². The molecule has 180 valence electrons. The molecule has 2 aliphatic rings. The number of rotatable bonds is 7. The number of amides is 1. The number of carbonyl (C=O) groups is 2. The molecule has 1 aromatic carbocycles. The van der Waals surface area contributed by atoms with E-state index < -0.39 is 24.1 Å². The van der Waals surface area contributed by atoms with E-state index in [1.54, 1.807) is 53.6 Å². The number of ether oxygens (including phenoxy) is 2. The largest absolute Gasteiger partial charge is 0.463 e. The minimum Gasteiger partial charge on any atom is -0.463 e. The summed E-state index contributed by atoms with van der Waals surface area (Å²) in [5, 5.41) is 7.60. The fourth-order valence-electron chi connectivity index (χ4n) is 3.80. The molecule has 1 fully saturated rings. The van der Waals surface area contributed by atoms with E-state index in [0.29, 0.717) is 34.8 Å². The predicted molar refractivity (Wildman–Crippen MR) is 120 cm³/mol. The zero-order valence-corrected chi connectivity index (χ0v) is 18.6. The fourth-order valence-corrected chi connectivity index (χ4v) is 3.80. The Kier molecular flexibility index (Phi) is 6.10. The van der Waals surface area contributed by atoms with Gasteiger partial charge in [-0.25, -0.2) is 13.9 Å². The molecule has 1 N–H and O–H groups in total. The van der Waals surface area contributed by atoms with Gasteiger partial charge in [0.25, 0.3) is 0 Å². The third kappa shape index (κ3) is 4.96. The molecule has 2 aromatic heterocycles. The van der Waals surface area contributed by atoms with Crippen LogP contribution in [0.15, 0.2) is 55.0 Å². The van der Waals surface area contributed by atoms with Gasteiger partial charge in [-0.2, -0.15) is 0 Å². The number of nitrogens with zero attached hydrogens (tertiary/aromatic N) is 5. The minimum atomic E-state index is -0.542. The van der Waals surface area contributed by atoms with Gasteiger partial charge >= 0.3 is 12.1 Å². The maximum atomic E-state index is 15.0. The Morgan fingerprint density at radius 3 is 2.91 bits per heavy atom. The number of anilines is 1. The zero-order valence-electron chi connectivity index (χ0n) is 18.6. The summed E-state index contributed by atoms with van der Waals surface area (Å²) in [6.45, 7) is 2.05. The molecule has 35 heavy (non-hydrogen) atoms. The molecule has 0 bridgehead atoms. The highest BCUT2D eigenvalue weighted by Gasteiger charge is 2.33. The second-order valence-corrected chi connectivity index (χ2v) is 7.98. The van der Waals surface area contributed by atoms with Crippen molar-refractivity contribution in [1.82, 2.24) is 25.5 Å². The Morgan fingerprint density at radius 2 is 2.20 bits per heavy atom. The van der Waals surface area contributed by atoms with E-state index in [4.69, 9.17) is 14.3 Å². The maximum Gasteiger partial charge on any atom is 0.414 e. The average Bonchev–Trinajstić information content (AvgIpc) is 3.60. The van der Waals surface area contributed by atoms with Crippen molar-refractivity contribution in [2.45, 2.75) is 25.7 Å². The highest BCUT2D eigenvalue weighted by molar-refractivity contribution is 5.90. The molecule has 0 spiro atoms. The van der Waals surface area contributed by atoms with E-state index >= 15 is 4.39 Å². The van der Waals surface area contributed by atoms with E-state index in [1.807, 2.05) is 0 Å². The quantitative estimate of drug-likeness (QED) is 0.508. The third-order valence-electron chi connectivity index (χ3n) is 5.48. The first-order valence-electron chi connectivity index (χ1n) is 10.8. The number of cyclic esters (lactones) is 1. The first-order valence-corrected chi connectivity index (χ1v) is 10.8. The van der Waals surface area contributed by atoms with E-state index in [1.165, 1.54) is 17.9 Å². The minimum absolute atomic E-state index is 0.0905. The molecular weight excluding hydrogens is 459 g/mol. The topological polar surface area (TPSA) is 121 Å². The van der Waals surface area contributed by atoms with Crippen LogP contribution in [0.5, 0.6) is 0 Å². The summed E-state index contributed by atoms with van der Waals surface area (Å²) < 4.78 is 26.9. The molecule has 11 nitrogen and oxygen atoms in total. The van der Waals surface area contributed by atoms with E-state index in [-0.39, 0.29) is 19.1 Å². The number of halogens is 1. The summed E-state index contributed by atoms with van der Waals surface area (Å²) >= 11 is 0. The highest BCUT2D eigenvalue weighted by atomic mass is 19.1. The molecule has 12 heteroatoms. The summed E-state index contributed by atoms with van der Waals surface area (Å²) in [5.74, 6) is -0.883. The van der Waals surface area contributed by atoms with Crippen molar-refractivity contribution in [3.8, 4) is 11.1 Å². The predicted octanol–water partition coefficient (Wildman–Crippen LogP) is 2.31. The van der Waals surface area contributed by atoms with E-state index in [9.17, 15) is 9.59 Å². The monoisotopic (exact) mass is 480 g/mol. The molecule has 0 aliphatic carbocycles. The number of pyridine rings is 1. The van der Waals surface area contributed by atoms with Crippen molar-refractivity contribution in [3.05, 3.63) is 66.5 Å². The van der Waals surface area contributed by atoms with Crippen LogP contribution in [0.25, 0.3) is 16.8 Å². The Balaban J connectivity index is 1.26. The van der Waals surface area contributed by atoms with Crippen molar-refractivity contribution in [2.24, 2.45) is 0 Å². The second-order valence-electron chi connectivity index (χ2n) is 7.98. The Morgan fingerprint density at radius 1 is 1.31 bits per heavy atom. The molecule has 2 atom stereocenters. The summed E-state index contributed by atoms with van der Waals surface area (Å²) in [7, 11) is 0. The molecule has 0 saturated carbocycles. The van der Waals surface area contributed by atoms with Gasteiger partial charge in [0, 0.05) is 30.4 Å². The summed E-state index contributed by atoms with van der Waals surface area (Å²) in [5.41, 5.74) is 5.28. The van der Waals surface area contributed by atoms with Crippen LogP contribution in [0, 0.1) is 5.82 Å². The van der Waals surface area contributed by atoms with Gasteiger partial charge in [0.1, 0.15) is 24.6 Å². The van der Waals surface area contributed by atoms with Crippen molar-refractivity contribution < 1.29 is 28.3 Å². The Hall–Kier alpha value is -4.32. The second kappa shape index (κ2) is 9.50. The molecule has 0 radical (unpaired) electrons. The number of hydrogen-bond acceptors (Lipinski definition) is 9.